The molecule has 0 aromatic heterocycles. The van der Waals surface area contributed by atoms with Crippen molar-refractivity contribution >= 4 is 17.6 Å². The van der Waals surface area contributed by atoms with Crippen molar-refractivity contribution in [2.75, 3.05) is 31.6 Å². The third-order valence-corrected chi connectivity index (χ3v) is 5.64. The van der Waals surface area contributed by atoms with Crippen LogP contribution in [0.2, 0.25) is 0 Å². The average molecular weight is 424 g/mol. The Labute approximate surface area is 185 Å². The number of benzene rings is 2. The quantitative estimate of drug-likeness (QED) is 0.686. The van der Waals surface area contributed by atoms with Gasteiger partial charge in [-0.05, 0) is 61.4 Å². The molecule has 6 nitrogen and oxygen atoms in total. The molecule has 1 unspecified atom stereocenters. The van der Waals surface area contributed by atoms with Crippen molar-refractivity contribution < 1.29 is 14.3 Å². The zero-order valence-corrected chi connectivity index (χ0v) is 18.7. The highest BCUT2D eigenvalue weighted by molar-refractivity contribution is 5.89. The minimum atomic E-state index is -0.222. The summed E-state index contributed by atoms with van der Waals surface area (Å²) in [5, 5.41) is 5.77. The van der Waals surface area contributed by atoms with Gasteiger partial charge in [0.25, 0.3) is 5.91 Å². The van der Waals surface area contributed by atoms with E-state index < -0.39 is 0 Å². The summed E-state index contributed by atoms with van der Waals surface area (Å²) in [6, 6.07) is 15.4. The summed E-state index contributed by atoms with van der Waals surface area (Å²) < 4.78 is 5.69. The highest BCUT2D eigenvalue weighted by Crippen LogP contribution is 2.20. The normalized spacial score (nSPS) is 16.1. The number of carbonyl (C=O) groups is 2. The number of hydrogen-bond donors (Lipinski definition) is 2. The number of ether oxygens (including phenoxy) is 1. The van der Waals surface area contributed by atoms with Crippen LogP contribution in [-0.4, -0.2) is 43.1 Å². The van der Waals surface area contributed by atoms with Crippen LogP contribution in [0.25, 0.3) is 0 Å². The summed E-state index contributed by atoms with van der Waals surface area (Å²) >= 11 is 0. The first kappa shape index (κ1) is 22.7. The fourth-order valence-electron chi connectivity index (χ4n) is 3.69. The van der Waals surface area contributed by atoms with Crippen molar-refractivity contribution in [1.82, 2.24) is 10.2 Å². The number of nitrogens with one attached hydrogen (secondary N) is 2. The van der Waals surface area contributed by atoms with Gasteiger partial charge in [0.1, 0.15) is 5.75 Å². The average Bonchev–Trinajstić information content (AvgIpc) is 2.78. The minimum absolute atomic E-state index is 0.0123. The van der Waals surface area contributed by atoms with E-state index in [4.69, 9.17) is 4.74 Å². The number of piperidine rings is 1. The summed E-state index contributed by atoms with van der Waals surface area (Å²) in [6.45, 7) is 8.25. The van der Waals surface area contributed by atoms with E-state index in [-0.39, 0.29) is 24.5 Å². The van der Waals surface area contributed by atoms with Gasteiger partial charge in [-0.2, -0.15) is 0 Å². The molecule has 1 atom stereocenters. The Morgan fingerprint density at radius 2 is 1.81 bits per heavy atom. The predicted molar refractivity (Wildman–Crippen MR) is 124 cm³/mol. The second-order valence-corrected chi connectivity index (χ2v) is 8.56. The molecule has 1 aliphatic rings. The summed E-state index contributed by atoms with van der Waals surface area (Å²) in [5.74, 6) is 1.41. The summed E-state index contributed by atoms with van der Waals surface area (Å²) in [7, 11) is 0. The van der Waals surface area contributed by atoms with E-state index in [0.717, 1.165) is 30.6 Å². The van der Waals surface area contributed by atoms with Gasteiger partial charge in [-0.1, -0.05) is 43.7 Å². The number of anilines is 1. The largest absolute Gasteiger partial charge is 0.484 e. The van der Waals surface area contributed by atoms with E-state index in [2.05, 4.69) is 24.5 Å². The lowest BCUT2D eigenvalue weighted by molar-refractivity contribution is -0.135. The number of rotatable bonds is 7. The van der Waals surface area contributed by atoms with Crippen molar-refractivity contribution in [1.29, 1.82) is 0 Å². The topological polar surface area (TPSA) is 70.7 Å². The highest BCUT2D eigenvalue weighted by Gasteiger charge is 2.24. The van der Waals surface area contributed by atoms with Crippen molar-refractivity contribution in [3.05, 3.63) is 59.7 Å². The molecule has 3 rings (SSSR count). The molecule has 0 aliphatic carbocycles. The highest BCUT2D eigenvalue weighted by atomic mass is 16.5. The van der Waals surface area contributed by atoms with Crippen LogP contribution < -0.4 is 15.4 Å². The van der Waals surface area contributed by atoms with Gasteiger partial charge in [0.05, 0.1) is 0 Å². The van der Waals surface area contributed by atoms with Crippen LogP contribution >= 0.6 is 0 Å². The first-order chi connectivity index (χ1) is 14.9. The first-order valence-corrected chi connectivity index (χ1v) is 11.0. The van der Waals surface area contributed by atoms with Gasteiger partial charge >= 0.3 is 6.03 Å². The molecule has 1 saturated heterocycles. The van der Waals surface area contributed by atoms with Crippen LogP contribution in [0, 0.1) is 12.8 Å². The van der Waals surface area contributed by atoms with Crippen LogP contribution in [0.15, 0.2) is 48.5 Å². The van der Waals surface area contributed by atoms with Gasteiger partial charge in [0.2, 0.25) is 0 Å². The van der Waals surface area contributed by atoms with Gasteiger partial charge in [0.15, 0.2) is 6.61 Å². The minimum Gasteiger partial charge on any atom is -0.484 e. The molecule has 1 fully saturated rings. The molecule has 0 saturated carbocycles. The molecule has 1 aliphatic heterocycles. The lowest BCUT2D eigenvalue weighted by Gasteiger charge is -2.32. The molecular formula is C25H33N3O3. The van der Waals surface area contributed by atoms with E-state index in [1.165, 1.54) is 5.56 Å². The molecule has 3 amide bonds. The van der Waals surface area contributed by atoms with Crippen LogP contribution in [0.1, 0.15) is 43.7 Å². The molecule has 166 valence electrons. The Balaban J connectivity index is 1.41. The van der Waals surface area contributed by atoms with Crippen molar-refractivity contribution in [2.45, 2.75) is 39.5 Å². The monoisotopic (exact) mass is 423 g/mol. The molecule has 0 radical (unpaired) electrons. The molecule has 1 heterocycles. The first-order valence-electron chi connectivity index (χ1n) is 11.0. The lowest BCUT2D eigenvalue weighted by Crippen LogP contribution is -2.45. The molecule has 31 heavy (non-hydrogen) atoms. The van der Waals surface area contributed by atoms with E-state index in [9.17, 15) is 9.59 Å². The molecule has 2 aromatic carbocycles. The standard InChI is InChI=1S/C25H33N3O3/c1-18(2)21-8-12-23(13-9-21)31-17-24(29)28-14-4-5-20(16-28)15-26-25(30)27-22-10-6-19(3)7-11-22/h6-13,18,20H,4-5,14-17H2,1-3H3,(H2,26,27,30). The molecular weight excluding hydrogens is 390 g/mol. The molecule has 0 spiro atoms. The van der Waals surface area contributed by atoms with E-state index in [1.54, 1.807) is 0 Å². The third-order valence-electron chi connectivity index (χ3n) is 5.64. The Hall–Kier alpha value is -3.02. The number of amides is 3. The zero-order valence-electron chi connectivity index (χ0n) is 18.7. The molecule has 6 heteroatoms. The third kappa shape index (κ3) is 7.02. The Morgan fingerprint density at radius 3 is 2.48 bits per heavy atom. The second kappa shape index (κ2) is 10.8. The van der Waals surface area contributed by atoms with Gasteiger partial charge in [-0.15, -0.1) is 0 Å². The second-order valence-electron chi connectivity index (χ2n) is 8.56. The van der Waals surface area contributed by atoms with Gasteiger partial charge in [-0.3, -0.25) is 4.79 Å². The fourth-order valence-corrected chi connectivity index (χ4v) is 3.69. The number of carbonyl (C=O) groups excluding carboxylic acids is 2. The fraction of sp³-hybridized carbons (Fsp3) is 0.440. The Kier molecular flexibility index (Phi) is 7.93. The van der Waals surface area contributed by atoms with Crippen molar-refractivity contribution in [3.8, 4) is 5.75 Å². The van der Waals surface area contributed by atoms with Gasteiger partial charge < -0.3 is 20.3 Å². The predicted octanol–water partition coefficient (Wildman–Crippen LogP) is 4.56. The van der Waals surface area contributed by atoms with Crippen LogP contribution in [0.5, 0.6) is 5.75 Å². The van der Waals surface area contributed by atoms with Crippen molar-refractivity contribution in [2.24, 2.45) is 5.92 Å². The van der Waals surface area contributed by atoms with Gasteiger partial charge in [0, 0.05) is 25.3 Å². The smallest absolute Gasteiger partial charge is 0.319 e. The summed E-state index contributed by atoms with van der Waals surface area (Å²) in [4.78, 5) is 26.6. The number of aryl methyl sites for hydroxylation is 1. The number of likely N-dealkylation sites (tertiary alicyclic amines) is 1. The van der Waals surface area contributed by atoms with Crippen LogP contribution in [0.4, 0.5) is 10.5 Å². The summed E-state index contributed by atoms with van der Waals surface area (Å²) in [6.07, 6.45) is 1.92. The van der Waals surface area contributed by atoms with Crippen molar-refractivity contribution in [3.63, 3.8) is 0 Å². The van der Waals surface area contributed by atoms with E-state index in [1.807, 2.05) is 60.4 Å². The van der Waals surface area contributed by atoms with E-state index >= 15 is 0 Å². The summed E-state index contributed by atoms with van der Waals surface area (Å²) in [5.41, 5.74) is 3.16. The maximum atomic E-state index is 12.6. The van der Waals surface area contributed by atoms with Crippen LogP contribution in [0.3, 0.4) is 0 Å². The lowest BCUT2D eigenvalue weighted by atomic mass is 9.98. The van der Waals surface area contributed by atoms with Crippen LogP contribution in [-0.2, 0) is 4.79 Å². The molecule has 0 bridgehead atoms. The number of urea groups is 1. The maximum Gasteiger partial charge on any atom is 0.319 e. The zero-order chi connectivity index (χ0) is 22.2. The number of nitrogens with zero attached hydrogens (tertiary/aromatic N) is 1. The SMILES string of the molecule is Cc1ccc(NC(=O)NCC2CCCN(C(=O)COc3ccc(C(C)C)cc3)C2)cc1. The van der Waals surface area contributed by atoms with Gasteiger partial charge in [-0.25, -0.2) is 4.79 Å². The maximum absolute atomic E-state index is 12.6. The van der Waals surface area contributed by atoms with E-state index in [0.29, 0.717) is 24.8 Å². The Morgan fingerprint density at radius 1 is 1.10 bits per heavy atom. The Bertz CT molecular complexity index is 863. The number of hydrogen-bond acceptors (Lipinski definition) is 3. The molecule has 2 aromatic rings. The molecule has 2 N–H and O–H groups in total.